The number of hydrogen-bond acceptors (Lipinski definition) is 6. The van der Waals surface area contributed by atoms with E-state index in [1.807, 2.05) is 6.07 Å². The fourth-order valence-corrected chi connectivity index (χ4v) is 4.99. The number of carbonyl (C=O) groups excluding carboxylic acids is 4. The lowest BCUT2D eigenvalue weighted by molar-refractivity contribution is -0.136. The molecule has 29 heavy (non-hydrogen) atoms. The molecule has 0 aromatic heterocycles. The first-order valence-electron chi connectivity index (χ1n) is 10.3. The third-order valence-electron chi connectivity index (χ3n) is 6.80. The Morgan fingerprint density at radius 3 is 2.72 bits per heavy atom. The molecule has 2 saturated heterocycles. The quantitative estimate of drug-likeness (QED) is 0.633. The number of fused-ring (bicyclic) bond motifs is 2. The van der Waals surface area contributed by atoms with Crippen LogP contribution < -0.4 is 16.0 Å². The Kier molecular flexibility index (Phi) is 4.29. The van der Waals surface area contributed by atoms with Gasteiger partial charge in [0.2, 0.25) is 11.8 Å². The molecule has 1 aromatic rings. The summed E-state index contributed by atoms with van der Waals surface area (Å²) in [5, 5.41) is 9.33. The Bertz CT molecular complexity index is 929. The maximum Gasteiger partial charge on any atom is 0.262 e. The molecule has 0 bridgehead atoms. The molecule has 5 rings (SSSR count). The first-order valence-corrected chi connectivity index (χ1v) is 10.3. The maximum absolute atomic E-state index is 12.9. The second-order valence-corrected chi connectivity index (χ2v) is 8.53. The van der Waals surface area contributed by atoms with Gasteiger partial charge in [-0.25, -0.2) is 0 Å². The summed E-state index contributed by atoms with van der Waals surface area (Å²) < 4.78 is 0. The summed E-state index contributed by atoms with van der Waals surface area (Å²) in [7, 11) is 0. The van der Waals surface area contributed by atoms with Gasteiger partial charge in [-0.1, -0.05) is 6.07 Å². The van der Waals surface area contributed by atoms with Gasteiger partial charge in [0, 0.05) is 18.5 Å². The van der Waals surface area contributed by atoms with E-state index in [1.54, 1.807) is 12.1 Å². The summed E-state index contributed by atoms with van der Waals surface area (Å²) in [5.74, 6) is -1.17. The molecule has 152 valence electrons. The van der Waals surface area contributed by atoms with E-state index in [4.69, 9.17) is 0 Å². The van der Waals surface area contributed by atoms with Gasteiger partial charge in [0.1, 0.15) is 6.04 Å². The van der Waals surface area contributed by atoms with Crippen LogP contribution in [0.3, 0.4) is 0 Å². The summed E-state index contributed by atoms with van der Waals surface area (Å²) in [6, 6.07) is 4.38. The highest BCUT2D eigenvalue weighted by molar-refractivity contribution is 6.23. The van der Waals surface area contributed by atoms with Crippen LogP contribution >= 0.6 is 0 Å². The monoisotopic (exact) mass is 396 g/mol. The van der Waals surface area contributed by atoms with Gasteiger partial charge in [0.25, 0.3) is 11.8 Å². The van der Waals surface area contributed by atoms with Gasteiger partial charge in [-0.05, 0) is 62.4 Å². The SMILES string of the molecule is O=C1CCC(N2C(=O)c3ccc(CNC45CCNCCC4C5)cc3C2=O)C(=O)N1. The number of carbonyl (C=O) groups is 4. The van der Waals surface area contributed by atoms with Crippen LogP contribution in [0, 0.1) is 5.92 Å². The smallest absolute Gasteiger partial charge is 0.262 e. The minimum atomic E-state index is -0.925. The van der Waals surface area contributed by atoms with Gasteiger partial charge in [0.05, 0.1) is 11.1 Å². The molecule has 3 atom stereocenters. The number of hydrogen-bond donors (Lipinski definition) is 3. The van der Waals surface area contributed by atoms with Crippen molar-refractivity contribution in [3.63, 3.8) is 0 Å². The highest BCUT2D eigenvalue weighted by atomic mass is 16.2. The largest absolute Gasteiger partial charge is 0.317 e. The zero-order valence-electron chi connectivity index (χ0n) is 16.1. The van der Waals surface area contributed by atoms with Crippen molar-refractivity contribution < 1.29 is 19.2 Å². The van der Waals surface area contributed by atoms with Gasteiger partial charge in [-0.2, -0.15) is 0 Å². The van der Waals surface area contributed by atoms with E-state index in [0.29, 0.717) is 23.6 Å². The number of nitrogens with zero attached hydrogens (tertiary/aromatic N) is 1. The lowest BCUT2D eigenvalue weighted by Crippen LogP contribution is -2.54. The summed E-state index contributed by atoms with van der Waals surface area (Å²) in [4.78, 5) is 50.2. The zero-order chi connectivity index (χ0) is 20.2. The lowest BCUT2D eigenvalue weighted by atomic mass is 10.0. The molecular formula is C21H24N4O4. The molecule has 3 N–H and O–H groups in total. The fraction of sp³-hybridized carbons (Fsp3) is 0.524. The second-order valence-electron chi connectivity index (χ2n) is 8.53. The maximum atomic E-state index is 12.9. The van der Waals surface area contributed by atoms with E-state index >= 15 is 0 Å². The van der Waals surface area contributed by atoms with Crippen LogP contribution in [0.15, 0.2) is 18.2 Å². The van der Waals surface area contributed by atoms with E-state index in [2.05, 4.69) is 16.0 Å². The Balaban J connectivity index is 1.32. The zero-order valence-corrected chi connectivity index (χ0v) is 16.1. The molecule has 3 unspecified atom stereocenters. The third-order valence-corrected chi connectivity index (χ3v) is 6.80. The van der Waals surface area contributed by atoms with E-state index < -0.39 is 23.8 Å². The summed E-state index contributed by atoms with van der Waals surface area (Å²) >= 11 is 0. The molecule has 1 aromatic carbocycles. The molecule has 4 amide bonds. The summed E-state index contributed by atoms with van der Waals surface area (Å²) in [5.41, 5.74) is 1.81. The molecule has 4 aliphatic rings. The van der Waals surface area contributed by atoms with E-state index in [-0.39, 0.29) is 24.3 Å². The Labute approximate surface area is 168 Å². The van der Waals surface area contributed by atoms with E-state index in [1.165, 1.54) is 12.8 Å². The molecule has 1 saturated carbocycles. The predicted molar refractivity (Wildman–Crippen MR) is 103 cm³/mol. The van der Waals surface area contributed by atoms with Crippen molar-refractivity contribution in [3.05, 3.63) is 34.9 Å². The normalized spacial score (nSPS) is 31.2. The number of benzene rings is 1. The lowest BCUT2D eigenvalue weighted by Gasteiger charge is -2.27. The molecule has 3 heterocycles. The standard InChI is InChI=1S/C21H24N4O4/c26-17-4-3-16(18(27)24-17)25-19(28)14-2-1-12(9-15(14)20(25)29)11-23-21-6-8-22-7-5-13(21)10-21/h1-2,9,13,16,22-23H,3-8,10-11H2,(H,24,26,27). The topological polar surface area (TPSA) is 108 Å². The number of amides is 4. The van der Waals surface area contributed by atoms with Crippen molar-refractivity contribution in [2.45, 2.75) is 50.2 Å². The van der Waals surface area contributed by atoms with Crippen molar-refractivity contribution in [1.82, 2.24) is 20.9 Å². The van der Waals surface area contributed by atoms with Crippen LogP contribution in [-0.4, -0.2) is 53.2 Å². The molecular weight excluding hydrogens is 372 g/mol. The Hall–Kier alpha value is -2.58. The van der Waals surface area contributed by atoms with Crippen LogP contribution in [0.1, 0.15) is 58.4 Å². The predicted octanol–water partition coefficient (Wildman–Crippen LogP) is 0.320. The first kappa shape index (κ1) is 18.4. The first-order chi connectivity index (χ1) is 14.0. The molecule has 8 nitrogen and oxygen atoms in total. The molecule has 3 fully saturated rings. The molecule has 8 heteroatoms. The van der Waals surface area contributed by atoms with Crippen molar-refractivity contribution in [1.29, 1.82) is 0 Å². The van der Waals surface area contributed by atoms with Crippen LogP contribution in [0.5, 0.6) is 0 Å². The van der Waals surface area contributed by atoms with E-state index in [9.17, 15) is 19.2 Å². The third kappa shape index (κ3) is 3.07. The summed E-state index contributed by atoms with van der Waals surface area (Å²) in [6.07, 6.45) is 3.77. The van der Waals surface area contributed by atoms with Gasteiger partial charge >= 0.3 is 0 Å². The van der Waals surface area contributed by atoms with Gasteiger partial charge < -0.3 is 10.6 Å². The minimum absolute atomic E-state index is 0.122. The van der Waals surface area contributed by atoms with E-state index in [0.717, 1.165) is 30.0 Å². The number of imide groups is 2. The number of nitrogens with one attached hydrogen (secondary N) is 3. The van der Waals surface area contributed by atoms with Gasteiger partial charge in [0.15, 0.2) is 0 Å². The van der Waals surface area contributed by atoms with Crippen molar-refractivity contribution in [3.8, 4) is 0 Å². The Morgan fingerprint density at radius 2 is 1.90 bits per heavy atom. The van der Waals surface area contributed by atoms with Crippen molar-refractivity contribution in [2.75, 3.05) is 13.1 Å². The highest BCUT2D eigenvalue weighted by Crippen LogP contribution is 2.49. The van der Waals surface area contributed by atoms with Crippen molar-refractivity contribution in [2.24, 2.45) is 5.92 Å². The summed E-state index contributed by atoms with van der Waals surface area (Å²) in [6.45, 7) is 2.73. The van der Waals surface area contributed by atoms with Crippen LogP contribution in [-0.2, 0) is 16.1 Å². The molecule has 3 aliphatic heterocycles. The molecule has 0 spiro atoms. The fourth-order valence-electron chi connectivity index (χ4n) is 4.99. The molecule has 1 aliphatic carbocycles. The molecule has 0 radical (unpaired) electrons. The van der Waals surface area contributed by atoms with Crippen LogP contribution in [0.4, 0.5) is 0 Å². The second kappa shape index (κ2) is 6.74. The highest BCUT2D eigenvalue weighted by Gasteiger charge is 2.53. The average molecular weight is 396 g/mol. The van der Waals surface area contributed by atoms with Crippen molar-refractivity contribution >= 4 is 23.6 Å². The van der Waals surface area contributed by atoms with Crippen LogP contribution in [0.25, 0.3) is 0 Å². The van der Waals surface area contributed by atoms with Gasteiger partial charge in [-0.3, -0.25) is 29.4 Å². The van der Waals surface area contributed by atoms with Crippen LogP contribution in [0.2, 0.25) is 0 Å². The average Bonchev–Trinajstić information content (AvgIpc) is 3.37. The number of rotatable bonds is 4. The Morgan fingerprint density at radius 1 is 1.07 bits per heavy atom. The number of piperidine rings is 1. The minimum Gasteiger partial charge on any atom is -0.317 e. The van der Waals surface area contributed by atoms with Gasteiger partial charge in [-0.15, -0.1) is 0 Å².